The number of aryl methyl sites for hydroxylation is 3. The van der Waals surface area contributed by atoms with Crippen molar-refractivity contribution < 1.29 is 4.74 Å². The average molecular weight is 385 g/mol. The molecular weight excluding hydrogens is 356 g/mol. The maximum atomic E-state index is 6.03. The van der Waals surface area contributed by atoms with E-state index < -0.39 is 0 Å². The predicted molar refractivity (Wildman–Crippen MR) is 121 cm³/mol. The fourth-order valence-corrected chi connectivity index (χ4v) is 3.74. The van der Waals surface area contributed by atoms with Gasteiger partial charge in [-0.2, -0.15) is 0 Å². The zero-order chi connectivity index (χ0) is 20.2. The van der Waals surface area contributed by atoms with Crippen LogP contribution in [0.5, 0.6) is 5.75 Å². The summed E-state index contributed by atoms with van der Waals surface area (Å²) in [5, 5.41) is 0. The molecule has 4 rings (SSSR count). The normalized spacial score (nSPS) is 11.1. The van der Waals surface area contributed by atoms with Gasteiger partial charge in [-0.1, -0.05) is 48.0 Å². The lowest BCUT2D eigenvalue weighted by Gasteiger charge is -2.12. The van der Waals surface area contributed by atoms with Crippen LogP contribution < -0.4 is 4.74 Å². The molecule has 0 aliphatic carbocycles. The van der Waals surface area contributed by atoms with Crippen molar-refractivity contribution in [3.8, 4) is 17.1 Å². The molecule has 0 amide bonds. The van der Waals surface area contributed by atoms with Gasteiger partial charge in [0, 0.05) is 12.1 Å². The van der Waals surface area contributed by atoms with Crippen molar-refractivity contribution in [2.75, 3.05) is 6.61 Å². The number of unbranched alkanes of at least 4 members (excludes halogenated alkanes) is 1. The van der Waals surface area contributed by atoms with Gasteiger partial charge < -0.3 is 9.30 Å². The minimum Gasteiger partial charge on any atom is -0.493 e. The molecule has 0 fully saturated rings. The van der Waals surface area contributed by atoms with Gasteiger partial charge in [0.2, 0.25) is 0 Å². The molecule has 1 heterocycles. The molecule has 148 valence electrons. The number of fused-ring (bicyclic) bond motifs is 1. The summed E-state index contributed by atoms with van der Waals surface area (Å²) in [7, 11) is 0. The maximum Gasteiger partial charge on any atom is 0.141 e. The van der Waals surface area contributed by atoms with Gasteiger partial charge >= 0.3 is 0 Å². The fraction of sp³-hybridized carbons (Fsp3) is 0.269. The lowest BCUT2D eigenvalue weighted by Crippen LogP contribution is -2.04. The largest absolute Gasteiger partial charge is 0.493 e. The number of hydrogen-bond donors (Lipinski definition) is 0. The summed E-state index contributed by atoms with van der Waals surface area (Å²) in [6.45, 7) is 8.04. The Balaban J connectivity index is 1.47. The van der Waals surface area contributed by atoms with Gasteiger partial charge in [-0.3, -0.25) is 0 Å². The van der Waals surface area contributed by atoms with Crippen LogP contribution in [0.4, 0.5) is 0 Å². The van der Waals surface area contributed by atoms with Crippen molar-refractivity contribution in [3.63, 3.8) is 0 Å². The zero-order valence-corrected chi connectivity index (χ0v) is 17.5. The highest BCUT2D eigenvalue weighted by atomic mass is 16.5. The smallest absolute Gasteiger partial charge is 0.141 e. The number of imidazole rings is 1. The highest BCUT2D eigenvalue weighted by Gasteiger charge is 2.12. The predicted octanol–water partition coefficient (Wildman–Crippen LogP) is 6.49. The first kappa shape index (κ1) is 19.3. The van der Waals surface area contributed by atoms with Crippen molar-refractivity contribution in [2.24, 2.45) is 0 Å². The van der Waals surface area contributed by atoms with Crippen molar-refractivity contribution >= 4 is 11.0 Å². The van der Waals surface area contributed by atoms with E-state index in [2.05, 4.69) is 92.1 Å². The van der Waals surface area contributed by atoms with Gasteiger partial charge in [0.25, 0.3) is 0 Å². The first-order valence-corrected chi connectivity index (χ1v) is 10.3. The third kappa shape index (κ3) is 4.19. The summed E-state index contributed by atoms with van der Waals surface area (Å²) in [6, 6.07) is 23.2. The second kappa shape index (κ2) is 8.52. The Morgan fingerprint density at radius 1 is 0.862 bits per heavy atom. The molecule has 29 heavy (non-hydrogen) atoms. The molecule has 0 aliphatic rings. The number of rotatable bonds is 7. The van der Waals surface area contributed by atoms with Crippen molar-refractivity contribution in [1.82, 2.24) is 9.55 Å². The van der Waals surface area contributed by atoms with Gasteiger partial charge in [0.1, 0.15) is 11.6 Å². The number of aromatic nitrogens is 2. The van der Waals surface area contributed by atoms with E-state index in [0.717, 1.165) is 43.1 Å². The lowest BCUT2D eigenvalue weighted by molar-refractivity contribution is 0.301. The van der Waals surface area contributed by atoms with Crippen LogP contribution in [0.25, 0.3) is 22.4 Å². The zero-order valence-electron chi connectivity index (χ0n) is 17.5. The Labute approximate surface area is 173 Å². The molecule has 0 saturated carbocycles. The highest BCUT2D eigenvalue weighted by Crippen LogP contribution is 2.26. The summed E-state index contributed by atoms with van der Waals surface area (Å²) >= 11 is 0. The second-order valence-electron chi connectivity index (χ2n) is 7.70. The summed E-state index contributed by atoms with van der Waals surface area (Å²) in [6.07, 6.45) is 2.05. The van der Waals surface area contributed by atoms with Crippen LogP contribution in [-0.2, 0) is 6.54 Å². The van der Waals surface area contributed by atoms with Crippen LogP contribution in [-0.4, -0.2) is 16.2 Å². The first-order valence-electron chi connectivity index (χ1n) is 10.3. The van der Waals surface area contributed by atoms with E-state index in [1.54, 1.807) is 0 Å². The van der Waals surface area contributed by atoms with Gasteiger partial charge in [0.05, 0.1) is 17.6 Å². The van der Waals surface area contributed by atoms with E-state index in [4.69, 9.17) is 9.72 Å². The molecule has 4 aromatic rings. The second-order valence-corrected chi connectivity index (χ2v) is 7.70. The van der Waals surface area contributed by atoms with Crippen LogP contribution in [0, 0.1) is 20.8 Å². The van der Waals surface area contributed by atoms with E-state index >= 15 is 0 Å². The number of para-hydroxylation sites is 2. The van der Waals surface area contributed by atoms with Crippen LogP contribution in [0.2, 0.25) is 0 Å². The Morgan fingerprint density at radius 2 is 1.69 bits per heavy atom. The number of hydrogen-bond acceptors (Lipinski definition) is 2. The van der Waals surface area contributed by atoms with E-state index in [0.29, 0.717) is 0 Å². The summed E-state index contributed by atoms with van der Waals surface area (Å²) in [5.74, 6) is 2.05. The van der Waals surface area contributed by atoms with Gasteiger partial charge in [-0.15, -0.1) is 0 Å². The van der Waals surface area contributed by atoms with Crippen LogP contribution >= 0.6 is 0 Å². The SMILES string of the molecule is Cc1cccc(-c2nc3ccccc3n2CCCCOc2cccc(C)c2C)c1. The van der Waals surface area contributed by atoms with Gasteiger partial charge in [-0.25, -0.2) is 4.98 Å². The minimum absolute atomic E-state index is 0.733. The Hall–Kier alpha value is -3.07. The number of ether oxygens (including phenoxy) is 1. The summed E-state index contributed by atoms with van der Waals surface area (Å²) < 4.78 is 8.38. The summed E-state index contributed by atoms with van der Waals surface area (Å²) in [5.41, 5.74) is 7.18. The molecular formula is C26H28N2O. The topological polar surface area (TPSA) is 27.1 Å². The van der Waals surface area contributed by atoms with Crippen molar-refractivity contribution in [3.05, 3.63) is 83.4 Å². The van der Waals surface area contributed by atoms with E-state index in [-0.39, 0.29) is 0 Å². The molecule has 0 radical (unpaired) electrons. The summed E-state index contributed by atoms with van der Waals surface area (Å²) in [4.78, 5) is 4.92. The monoisotopic (exact) mass is 384 g/mol. The molecule has 0 bridgehead atoms. The van der Waals surface area contributed by atoms with Gasteiger partial charge in [-0.05, 0) is 69.0 Å². The number of benzene rings is 3. The van der Waals surface area contributed by atoms with Crippen LogP contribution in [0.3, 0.4) is 0 Å². The third-order valence-corrected chi connectivity index (χ3v) is 5.52. The Morgan fingerprint density at radius 3 is 2.55 bits per heavy atom. The van der Waals surface area contributed by atoms with Crippen LogP contribution in [0.1, 0.15) is 29.5 Å². The van der Waals surface area contributed by atoms with E-state index in [1.165, 1.54) is 27.8 Å². The molecule has 3 aromatic carbocycles. The lowest BCUT2D eigenvalue weighted by atomic mass is 10.1. The molecule has 1 aromatic heterocycles. The third-order valence-electron chi connectivity index (χ3n) is 5.52. The van der Waals surface area contributed by atoms with E-state index in [1.807, 2.05) is 0 Å². The average Bonchev–Trinajstić information content (AvgIpc) is 3.09. The Bertz CT molecular complexity index is 1130. The van der Waals surface area contributed by atoms with Crippen molar-refractivity contribution in [1.29, 1.82) is 0 Å². The minimum atomic E-state index is 0.733. The number of nitrogens with zero attached hydrogens (tertiary/aromatic N) is 2. The Kier molecular flexibility index (Phi) is 5.66. The molecule has 0 aliphatic heterocycles. The van der Waals surface area contributed by atoms with Crippen LogP contribution in [0.15, 0.2) is 66.7 Å². The van der Waals surface area contributed by atoms with E-state index in [9.17, 15) is 0 Å². The van der Waals surface area contributed by atoms with Crippen molar-refractivity contribution in [2.45, 2.75) is 40.2 Å². The molecule has 0 atom stereocenters. The molecule has 0 unspecified atom stereocenters. The molecule has 0 N–H and O–H groups in total. The quantitative estimate of drug-likeness (QED) is 0.341. The molecule has 3 nitrogen and oxygen atoms in total. The van der Waals surface area contributed by atoms with Gasteiger partial charge in [0.15, 0.2) is 0 Å². The maximum absolute atomic E-state index is 6.03. The standard InChI is InChI=1S/C26H28N2O/c1-19-10-8-12-22(18-19)26-27-23-13-4-5-14-24(23)28(26)16-6-7-17-29-25-15-9-11-20(2)21(25)3/h4-5,8-15,18H,6-7,16-17H2,1-3H3. The molecule has 0 spiro atoms. The highest BCUT2D eigenvalue weighted by molar-refractivity contribution is 5.80. The first-order chi connectivity index (χ1) is 14.1. The fourth-order valence-electron chi connectivity index (χ4n) is 3.74. The molecule has 3 heteroatoms. The molecule has 0 saturated heterocycles.